The largest absolute Gasteiger partial charge is 0.448 e. The Hall–Kier alpha value is -1.88. The lowest BCUT2D eigenvalue weighted by atomic mass is 10.1. The quantitative estimate of drug-likeness (QED) is 0.856. The van der Waals surface area contributed by atoms with Gasteiger partial charge in [0.05, 0.1) is 0 Å². The molecule has 5 heteroatoms. The smallest absolute Gasteiger partial charge is 0.289 e. The molecular formula is C17H21FN2O2. The van der Waals surface area contributed by atoms with Gasteiger partial charge in [-0.2, -0.15) is 0 Å². The number of benzene rings is 1. The molecule has 0 saturated carbocycles. The molecule has 0 unspecified atom stereocenters. The van der Waals surface area contributed by atoms with Crippen LogP contribution in [0.1, 0.15) is 23.0 Å². The molecule has 118 valence electrons. The van der Waals surface area contributed by atoms with E-state index in [1.165, 1.54) is 6.07 Å². The first kappa shape index (κ1) is 15.0. The molecule has 2 aromatic rings. The Bertz CT molecular complexity index is 723. The van der Waals surface area contributed by atoms with Gasteiger partial charge < -0.3 is 14.2 Å². The highest BCUT2D eigenvalue weighted by Gasteiger charge is 2.35. The maximum atomic E-state index is 13.8. The Morgan fingerprint density at radius 1 is 1.36 bits per heavy atom. The third-order valence-electron chi connectivity index (χ3n) is 4.63. The highest BCUT2D eigenvalue weighted by molar-refractivity contribution is 5.99. The predicted octanol–water partition coefficient (Wildman–Crippen LogP) is 2.90. The van der Waals surface area contributed by atoms with Gasteiger partial charge in [-0.05, 0) is 33.0 Å². The summed E-state index contributed by atoms with van der Waals surface area (Å²) in [7, 11) is 4.05. The van der Waals surface area contributed by atoms with Crippen LogP contribution in [-0.4, -0.2) is 48.9 Å². The van der Waals surface area contributed by atoms with Crippen molar-refractivity contribution in [3.63, 3.8) is 0 Å². The van der Waals surface area contributed by atoms with Crippen LogP contribution in [0.15, 0.2) is 22.6 Å². The first-order chi connectivity index (χ1) is 10.4. The number of fused-ring (bicyclic) bond motifs is 1. The molecule has 0 bridgehead atoms. The van der Waals surface area contributed by atoms with Crippen LogP contribution in [0.3, 0.4) is 0 Å². The number of hydrogen-bond acceptors (Lipinski definition) is 3. The minimum Gasteiger partial charge on any atom is -0.448 e. The van der Waals surface area contributed by atoms with Crippen molar-refractivity contribution in [2.45, 2.75) is 19.9 Å². The lowest BCUT2D eigenvalue weighted by Gasteiger charge is -2.22. The van der Waals surface area contributed by atoms with Crippen molar-refractivity contribution in [2.24, 2.45) is 5.92 Å². The third kappa shape index (κ3) is 2.29. The van der Waals surface area contributed by atoms with Gasteiger partial charge in [-0.1, -0.05) is 19.1 Å². The van der Waals surface area contributed by atoms with Gasteiger partial charge in [0.15, 0.2) is 17.2 Å². The average molecular weight is 304 g/mol. The van der Waals surface area contributed by atoms with E-state index < -0.39 is 5.82 Å². The van der Waals surface area contributed by atoms with Crippen LogP contribution in [0, 0.1) is 18.7 Å². The van der Waals surface area contributed by atoms with Crippen molar-refractivity contribution in [1.29, 1.82) is 0 Å². The van der Waals surface area contributed by atoms with Gasteiger partial charge in [0, 0.05) is 30.1 Å². The van der Waals surface area contributed by atoms with Crippen LogP contribution in [0.5, 0.6) is 0 Å². The Morgan fingerprint density at radius 2 is 2.09 bits per heavy atom. The maximum Gasteiger partial charge on any atom is 0.289 e. The number of para-hydroxylation sites is 1. The third-order valence-corrected chi connectivity index (χ3v) is 4.63. The molecular weight excluding hydrogens is 283 g/mol. The molecule has 1 aliphatic rings. The first-order valence-corrected chi connectivity index (χ1v) is 7.53. The minimum atomic E-state index is -0.430. The molecule has 1 saturated heterocycles. The lowest BCUT2D eigenvalue weighted by molar-refractivity contribution is 0.0751. The molecule has 2 atom stereocenters. The number of hydrogen-bond donors (Lipinski definition) is 0. The van der Waals surface area contributed by atoms with E-state index in [9.17, 15) is 9.18 Å². The minimum absolute atomic E-state index is 0.149. The van der Waals surface area contributed by atoms with Crippen LogP contribution >= 0.6 is 0 Å². The number of furan rings is 1. The van der Waals surface area contributed by atoms with E-state index in [-0.39, 0.29) is 17.3 Å². The SMILES string of the molecule is Cc1c(C(=O)N2C[C@@H](C)[C@H](N(C)C)C2)oc2c(F)cccc12. The molecule has 1 amide bonds. The van der Waals surface area contributed by atoms with Gasteiger partial charge >= 0.3 is 0 Å². The van der Waals surface area contributed by atoms with Gasteiger partial charge in [-0.3, -0.25) is 4.79 Å². The number of aryl methyl sites for hydroxylation is 1. The number of nitrogens with zero attached hydrogens (tertiary/aromatic N) is 2. The van der Waals surface area contributed by atoms with Crippen LogP contribution < -0.4 is 0 Å². The molecule has 1 aliphatic heterocycles. The fraction of sp³-hybridized carbons (Fsp3) is 0.471. The van der Waals surface area contributed by atoms with Crippen molar-refractivity contribution in [2.75, 3.05) is 27.2 Å². The lowest BCUT2D eigenvalue weighted by Crippen LogP contribution is -2.35. The topological polar surface area (TPSA) is 36.7 Å². The monoisotopic (exact) mass is 304 g/mol. The summed E-state index contributed by atoms with van der Waals surface area (Å²) in [6.07, 6.45) is 0. The van der Waals surface area contributed by atoms with E-state index >= 15 is 0 Å². The Balaban J connectivity index is 1.94. The summed E-state index contributed by atoms with van der Waals surface area (Å²) in [6, 6.07) is 5.10. The van der Waals surface area contributed by atoms with Gasteiger partial charge in [0.25, 0.3) is 5.91 Å². The average Bonchev–Trinajstić information content (AvgIpc) is 3.01. The predicted molar refractivity (Wildman–Crippen MR) is 83.5 cm³/mol. The zero-order chi connectivity index (χ0) is 16.0. The second-order valence-corrected chi connectivity index (χ2v) is 6.39. The second-order valence-electron chi connectivity index (χ2n) is 6.39. The summed E-state index contributed by atoms with van der Waals surface area (Å²) in [4.78, 5) is 16.7. The zero-order valence-corrected chi connectivity index (χ0v) is 13.4. The Labute approximate surface area is 129 Å². The number of likely N-dealkylation sites (tertiary alicyclic amines) is 1. The number of likely N-dealkylation sites (N-methyl/N-ethyl adjacent to an activating group) is 1. The zero-order valence-electron chi connectivity index (χ0n) is 13.4. The van der Waals surface area contributed by atoms with E-state index in [4.69, 9.17) is 4.42 Å². The van der Waals surface area contributed by atoms with E-state index in [0.29, 0.717) is 36.0 Å². The van der Waals surface area contributed by atoms with Crippen molar-refractivity contribution in [3.8, 4) is 0 Å². The summed E-state index contributed by atoms with van der Waals surface area (Å²) in [5.74, 6) is 0.0805. The molecule has 22 heavy (non-hydrogen) atoms. The summed E-state index contributed by atoms with van der Waals surface area (Å²) in [5, 5.41) is 0.666. The molecule has 0 N–H and O–H groups in total. The molecule has 0 radical (unpaired) electrons. The van der Waals surface area contributed by atoms with Crippen molar-refractivity contribution >= 4 is 16.9 Å². The molecule has 4 nitrogen and oxygen atoms in total. The van der Waals surface area contributed by atoms with Gasteiger partial charge in [-0.15, -0.1) is 0 Å². The van der Waals surface area contributed by atoms with E-state index in [1.54, 1.807) is 24.0 Å². The number of amides is 1. The fourth-order valence-electron chi connectivity index (χ4n) is 3.34. The number of halogens is 1. The summed E-state index contributed by atoms with van der Waals surface area (Å²) in [6.45, 7) is 5.32. The Morgan fingerprint density at radius 3 is 2.68 bits per heavy atom. The van der Waals surface area contributed by atoms with Gasteiger partial charge in [0.1, 0.15) is 0 Å². The number of rotatable bonds is 2. The molecule has 1 fully saturated rings. The van der Waals surface area contributed by atoms with Crippen LogP contribution in [0.25, 0.3) is 11.0 Å². The maximum absolute atomic E-state index is 13.8. The fourth-order valence-corrected chi connectivity index (χ4v) is 3.34. The standard InChI is InChI=1S/C17H21FN2O2/c1-10-8-20(9-14(10)19(3)4)17(21)15-11(2)12-6-5-7-13(18)16(12)22-15/h5-7,10,14H,8-9H2,1-4H3/t10-,14-/m1/s1. The van der Waals surface area contributed by atoms with Gasteiger partial charge in [-0.25, -0.2) is 4.39 Å². The van der Waals surface area contributed by atoms with Crippen LogP contribution in [-0.2, 0) is 0 Å². The molecule has 2 heterocycles. The highest BCUT2D eigenvalue weighted by Crippen LogP contribution is 2.30. The number of carbonyl (C=O) groups is 1. The summed E-state index contributed by atoms with van der Waals surface area (Å²) >= 11 is 0. The molecule has 0 aliphatic carbocycles. The van der Waals surface area contributed by atoms with Gasteiger partial charge in [0.2, 0.25) is 0 Å². The second kappa shape index (κ2) is 5.39. The van der Waals surface area contributed by atoms with Crippen LogP contribution in [0.2, 0.25) is 0 Å². The Kier molecular flexibility index (Phi) is 3.68. The van der Waals surface area contributed by atoms with Crippen molar-refractivity contribution in [1.82, 2.24) is 9.80 Å². The molecule has 3 rings (SSSR count). The number of carbonyl (C=O) groups excluding carboxylic acids is 1. The summed E-state index contributed by atoms with van der Waals surface area (Å²) in [5.41, 5.74) is 0.875. The van der Waals surface area contributed by atoms with E-state index in [2.05, 4.69) is 11.8 Å². The van der Waals surface area contributed by atoms with E-state index in [0.717, 1.165) is 0 Å². The van der Waals surface area contributed by atoms with Crippen molar-refractivity contribution < 1.29 is 13.6 Å². The highest BCUT2D eigenvalue weighted by atomic mass is 19.1. The molecule has 1 aromatic carbocycles. The van der Waals surface area contributed by atoms with Crippen LogP contribution in [0.4, 0.5) is 4.39 Å². The first-order valence-electron chi connectivity index (χ1n) is 7.53. The van der Waals surface area contributed by atoms with Crippen molar-refractivity contribution in [3.05, 3.63) is 35.3 Å². The molecule has 0 spiro atoms. The van der Waals surface area contributed by atoms with E-state index in [1.807, 2.05) is 14.1 Å². The molecule has 1 aromatic heterocycles. The summed E-state index contributed by atoms with van der Waals surface area (Å²) < 4.78 is 19.4. The normalized spacial score (nSPS) is 22.0.